The summed E-state index contributed by atoms with van der Waals surface area (Å²) in [5.41, 5.74) is -3.50. The molecule has 0 fully saturated rings. The predicted molar refractivity (Wildman–Crippen MR) is 124 cm³/mol. The predicted octanol–water partition coefficient (Wildman–Crippen LogP) is 8.49. The molecule has 1 aliphatic heterocycles. The van der Waals surface area contributed by atoms with E-state index in [1.54, 1.807) is 0 Å². The van der Waals surface area contributed by atoms with Crippen molar-refractivity contribution in [2.75, 3.05) is 0 Å². The molecule has 2 aliphatic rings. The summed E-state index contributed by atoms with van der Waals surface area (Å²) < 4.78 is 122. The van der Waals surface area contributed by atoms with Crippen LogP contribution in [-0.4, -0.2) is 26.6 Å². The number of hydrogen-bond donors (Lipinski definition) is 0. The van der Waals surface area contributed by atoms with Crippen LogP contribution in [0.1, 0.15) is 43.4 Å². The van der Waals surface area contributed by atoms with E-state index >= 15 is 0 Å². The average Bonchev–Trinajstić information content (AvgIpc) is 3.17. The highest BCUT2D eigenvalue weighted by Crippen LogP contribution is 2.60. The zero-order chi connectivity index (χ0) is 27.1. The molecule has 36 heavy (non-hydrogen) atoms. The third-order valence-electron chi connectivity index (χ3n) is 7.74. The molecule has 0 spiro atoms. The Balaban J connectivity index is 1.91. The molecular weight excluding hydrogens is 511 g/mol. The smallest absolute Gasteiger partial charge is 0.169 e. The summed E-state index contributed by atoms with van der Waals surface area (Å²) in [6.45, 7) is 8.55. The molecule has 0 nitrogen and oxygen atoms in total. The van der Waals surface area contributed by atoms with Crippen molar-refractivity contribution in [3.63, 3.8) is 0 Å². The Morgan fingerprint density at radius 2 is 1.31 bits per heavy atom. The van der Waals surface area contributed by atoms with Gasteiger partial charge in [0.25, 0.3) is 5.41 Å². The van der Waals surface area contributed by atoms with Crippen molar-refractivity contribution in [1.29, 1.82) is 0 Å². The molecule has 4 rings (SSSR count). The Morgan fingerprint density at radius 3 is 1.78 bits per heavy atom. The summed E-state index contributed by atoms with van der Waals surface area (Å²) in [6, 6.07) is 6.55. The van der Waals surface area contributed by atoms with E-state index in [-0.39, 0.29) is 0 Å². The fourth-order valence-electron chi connectivity index (χ4n) is 6.09. The second-order valence-electron chi connectivity index (χ2n) is 10.2. The van der Waals surface area contributed by atoms with Crippen LogP contribution in [0.4, 0.5) is 39.5 Å². The third-order valence-corrected chi connectivity index (χ3v) is 11.3. The van der Waals surface area contributed by atoms with Crippen LogP contribution >= 0.6 is 0 Å². The summed E-state index contributed by atoms with van der Waals surface area (Å²) in [6.07, 6.45) is -17.2. The van der Waals surface area contributed by atoms with Gasteiger partial charge in [-0.05, 0) is 57.0 Å². The van der Waals surface area contributed by atoms with Gasteiger partial charge in [0.15, 0.2) is 0 Å². The molecule has 0 radical (unpaired) electrons. The standard InChI is InChI=1S/C26H25F9Si/c1-5-6-14(2)18-13-16-9-12-19-20(21(16)22(18)36(19,3)4)15-7-10-17(11-8-15)23(24(27,28)29,25(30,31)32)26(33,34)35/h7-12,14H,5-6,13H2,1-4H3. The number of hydrogen-bond acceptors (Lipinski definition) is 0. The van der Waals surface area contributed by atoms with Gasteiger partial charge in [-0.15, -0.1) is 0 Å². The fraction of sp³-hybridized carbons (Fsp3) is 0.462. The number of alkyl halides is 9. The lowest BCUT2D eigenvalue weighted by molar-refractivity contribution is -0.387. The maximum absolute atomic E-state index is 13.6. The van der Waals surface area contributed by atoms with E-state index in [9.17, 15) is 39.5 Å². The van der Waals surface area contributed by atoms with E-state index in [4.69, 9.17) is 0 Å². The minimum Gasteiger partial charge on any atom is -0.169 e. The monoisotopic (exact) mass is 536 g/mol. The number of halogens is 9. The Labute approximate surface area is 204 Å². The van der Waals surface area contributed by atoms with Gasteiger partial charge >= 0.3 is 18.5 Å². The normalized spacial score (nSPS) is 18.2. The van der Waals surface area contributed by atoms with Gasteiger partial charge in [0.1, 0.15) is 8.07 Å². The first-order chi connectivity index (χ1) is 16.4. The van der Waals surface area contributed by atoms with Gasteiger partial charge in [0.05, 0.1) is 0 Å². The summed E-state index contributed by atoms with van der Waals surface area (Å²) in [5.74, 6) is 0.324. The molecule has 2 bridgehead atoms. The van der Waals surface area contributed by atoms with Crippen LogP contribution in [0.3, 0.4) is 0 Å². The molecule has 1 aliphatic carbocycles. The summed E-state index contributed by atoms with van der Waals surface area (Å²) in [7, 11) is -2.22. The summed E-state index contributed by atoms with van der Waals surface area (Å²) in [4.78, 5) is 0. The fourth-order valence-corrected chi connectivity index (χ4v) is 9.80. The van der Waals surface area contributed by atoms with Crippen molar-refractivity contribution < 1.29 is 39.5 Å². The molecule has 2 aromatic rings. The number of fused-ring (bicyclic) bond motifs is 1. The molecule has 0 N–H and O–H groups in total. The SMILES string of the molecule is CCCC(C)C1=C2c3c(ccc(c3-c3ccc(C(C(F)(F)F)(C(F)(F)F)C(F)(F)F)cc3)[Si]2(C)C)C1. The van der Waals surface area contributed by atoms with Crippen LogP contribution in [-0.2, 0) is 11.8 Å². The summed E-state index contributed by atoms with van der Waals surface area (Å²) in [5, 5.41) is 2.23. The highest BCUT2D eigenvalue weighted by Gasteiger charge is 2.84. The summed E-state index contributed by atoms with van der Waals surface area (Å²) >= 11 is 0. The van der Waals surface area contributed by atoms with Gasteiger partial charge in [-0.3, -0.25) is 0 Å². The number of allylic oxidation sites excluding steroid dienone is 1. The molecule has 196 valence electrons. The molecule has 0 aromatic heterocycles. The van der Waals surface area contributed by atoms with Crippen LogP contribution < -0.4 is 5.19 Å². The molecule has 0 amide bonds. The second kappa shape index (κ2) is 8.13. The Morgan fingerprint density at radius 1 is 0.778 bits per heavy atom. The minimum absolute atomic E-state index is 0.324. The molecule has 1 unspecified atom stereocenters. The topological polar surface area (TPSA) is 0 Å². The van der Waals surface area contributed by atoms with Gasteiger partial charge in [-0.2, -0.15) is 39.5 Å². The van der Waals surface area contributed by atoms with Crippen LogP contribution in [0.15, 0.2) is 42.0 Å². The molecule has 1 atom stereocenters. The van der Waals surface area contributed by atoms with E-state index in [1.807, 2.05) is 12.1 Å². The highest BCUT2D eigenvalue weighted by molar-refractivity contribution is 7.07. The number of benzene rings is 2. The van der Waals surface area contributed by atoms with Gasteiger partial charge in [0.2, 0.25) is 0 Å². The molecule has 1 heterocycles. The number of rotatable bonds is 5. The van der Waals surface area contributed by atoms with Crippen molar-refractivity contribution in [3.8, 4) is 11.1 Å². The van der Waals surface area contributed by atoms with E-state index in [0.717, 1.165) is 53.3 Å². The molecular formula is C26H25F9Si. The van der Waals surface area contributed by atoms with E-state index in [2.05, 4.69) is 26.9 Å². The van der Waals surface area contributed by atoms with Crippen molar-refractivity contribution >= 4 is 18.5 Å². The van der Waals surface area contributed by atoms with Crippen LogP contribution in [0.25, 0.3) is 16.3 Å². The lowest BCUT2D eigenvalue weighted by Crippen LogP contribution is -2.63. The molecule has 0 saturated heterocycles. The van der Waals surface area contributed by atoms with Gasteiger partial charge in [-0.25, -0.2) is 0 Å². The maximum Gasteiger partial charge on any atom is 0.416 e. The first-order valence-corrected chi connectivity index (χ1v) is 14.6. The van der Waals surface area contributed by atoms with Crippen LogP contribution in [0.5, 0.6) is 0 Å². The zero-order valence-electron chi connectivity index (χ0n) is 20.1. The quantitative estimate of drug-likeness (QED) is 0.266. The minimum atomic E-state index is -6.63. The van der Waals surface area contributed by atoms with E-state index in [0.29, 0.717) is 23.6 Å². The Hall–Kier alpha value is -2.23. The van der Waals surface area contributed by atoms with Crippen LogP contribution in [0.2, 0.25) is 13.1 Å². The average molecular weight is 537 g/mol. The van der Waals surface area contributed by atoms with E-state index in [1.165, 1.54) is 10.8 Å². The van der Waals surface area contributed by atoms with Gasteiger partial charge in [0, 0.05) is 0 Å². The lowest BCUT2D eigenvalue weighted by Gasteiger charge is -2.39. The molecule has 10 heteroatoms. The van der Waals surface area contributed by atoms with Gasteiger partial charge in [-0.1, -0.05) is 75.3 Å². The molecule has 2 aromatic carbocycles. The van der Waals surface area contributed by atoms with Crippen molar-refractivity contribution in [3.05, 3.63) is 58.7 Å². The van der Waals surface area contributed by atoms with Crippen LogP contribution in [0, 0.1) is 5.92 Å². The van der Waals surface area contributed by atoms with Crippen molar-refractivity contribution in [2.24, 2.45) is 5.92 Å². The third kappa shape index (κ3) is 3.49. The first kappa shape index (κ1) is 26.8. The second-order valence-corrected chi connectivity index (χ2v) is 14.5. The zero-order valence-corrected chi connectivity index (χ0v) is 21.1. The Kier molecular flexibility index (Phi) is 6.06. The first-order valence-electron chi connectivity index (χ1n) is 11.6. The molecule has 0 saturated carbocycles. The Bertz CT molecular complexity index is 1180. The van der Waals surface area contributed by atoms with Crippen molar-refractivity contribution in [2.45, 2.75) is 70.1 Å². The van der Waals surface area contributed by atoms with Crippen molar-refractivity contribution in [1.82, 2.24) is 0 Å². The largest absolute Gasteiger partial charge is 0.416 e. The highest BCUT2D eigenvalue weighted by atomic mass is 28.3. The lowest BCUT2D eigenvalue weighted by atomic mass is 9.77. The van der Waals surface area contributed by atoms with E-state index < -0.39 is 37.6 Å². The maximum atomic E-state index is 13.6. The van der Waals surface area contributed by atoms with Gasteiger partial charge < -0.3 is 0 Å².